The van der Waals surface area contributed by atoms with Gasteiger partial charge in [0, 0.05) is 31.9 Å². The van der Waals surface area contributed by atoms with Crippen LogP contribution in [0.4, 0.5) is 28.9 Å². The summed E-state index contributed by atoms with van der Waals surface area (Å²) in [5, 5.41) is 3.21. The van der Waals surface area contributed by atoms with E-state index < -0.39 is 11.7 Å². The Morgan fingerprint density at radius 3 is 2.31 bits per heavy atom. The standard InChI is InChI=1S/C18H17F4N3S/c19-15-6-1-2-7-16(15)24-8-10-25(11-9-24)17(26)23-14-5-3-4-13(12-14)18(20,21)22/h1-7,12H,8-11H2,(H,23,26). The lowest BCUT2D eigenvalue weighted by Crippen LogP contribution is -2.50. The Hall–Kier alpha value is -2.35. The zero-order valence-electron chi connectivity index (χ0n) is 13.8. The Bertz CT molecular complexity index is 786. The van der Waals surface area contributed by atoms with Crippen molar-refractivity contribution in [3.8, 4) is 0 Å². The van der Waals surface area contributed by atoms with Crippen LogP contribution in [0.25, 0.3) is 0 Å². The third-order valence-electron chi connectivity index (χ3n) is 4.20. The zero-order chi connectivity index (χ0) is 18.7. The van der Waals surface area contributed by atoms with E-state index in [4.69, 9.17) is 12.2 Å². The van der Waals surface area contributed by atoms with Crippen LogP contribution in [0.2, 0.25) is 0 Å². The lowest BCUT2D eigenvalue weighted by atomic mass is 10.2. The monoisotopic (exact) mass is 383 g/mol. The highest BCUT2D eigenvalue weighted by molar-refractivity contribution is 7.80. The van der Waals surface area contributed by atoms with Gasteiger partial charge in [-0.3, -0.25) is 0 Å². The largest absolute Gasteiger partial charge is 0.416 e. The zero-order valence-corrected chi connectivity index (χ0v) is 14.6. The maximum Gasteiger partial charge on any atom is 0.416 e. The number of para-hydroxylation sites is 1. The van der Waals surface area contributed by atoms with E-state index >= 15 is 0 Å². The Labute approximate surface area is 154 Å². The summed E-state index contributed by atoms with van der Waals surface area (Å²) in [5.41, 5.74) is 0.111. The molecule has 0 bridgehead atoms. The molecule has 1 saturated heterocycles. The second-order valence-electron chi connectivity index (χ2n) is 5.93. The van der Waals surface area contributed by atoms with Crippen molar-refractivity contribution in [2.75, 3.05) is 36.4 Å². The van der Waals surface area contributed by atoms with Crippen LogP contribution in [0.5, 0.6) is 0 Å². The number of nitrogens with one attached hydrogen (secondary N) is 1. The molecule has 3 rings (SSSR count). The molecule has 2 aromatic rings. The maximum absolute atomic E-state index is 13.9. The molecule has 0 aromatic heterocycles. The minimum absolute atomic E-state index is 0.273. The van der Waals surface area contributed by atoms with Crippen LogP contribution in [-0.2, 0) is 6.18 Å². The fraction of sp³-hybridized carbons (Fsp3) is 0.278. The second-order valence-corrected chi connectivity index (χ2v) is 6.32. The van der Waals surface area contributed by atoms with Gasteiger partial charge in [0.15, 0.2) is 5.11 Å². The van der Waals surface area contributed by atoms with E-state index in [0.717, 1.165) is 12.1 Å². The predicted molar refractivity (Wildman–Crippen MR) is 97.9 cm³/mol. The maximum atomic E-state index is 13.9. The SMILES string of the molecule is Fc1ccccc1N1CCN(C(=S)Nc2cccc(C(F)(F)F)c2)CC1. The minimum Gasteiger partial charge on any atom is -0.366 e. The van der Waals surface area contributed by atoms with Gasteiger partial charge in [0.2, 0.25) is 0 Å². The number of benzene rings is 2. The van der Waals surface area contributed by atoms with Gasteiger partial charge >= 0.3 is 6.18 Å². The molecular weight excluding hydrogens is 366 g/mol. The first-order valence-corrected chi connectivity index (χ1v) is 8.48. The summed E-state index contributed by atoms with van der Waals surface area (Å²) >= 11 is 5.31. The molecule has 0 saturated carbocycles. The molecule has 1 aliphatic heterocycles. The smallest absolute Gasteiger partial charge is 0.366 e. The molecule has 26 heavy (non-hydrogen) atoms. The van der Waals surface area contributed by atoms with E-state index in [1.165, 1.54) is 18.2 Å². The average molecular weight is 383 g/mol. The number of hydrogen-bond acceptors (Lipinski definition) is 2. The minimum atomic E-state index is -4.40. The van der Waals surface area contributed by atoms with Gasteiger partial charge < -0.3 is 15.1 Å². The van der Waals surface area contributed by atoms with Crippen molar-refractivity contribution >= 4 is 28.7 Å². The molecule has 0 unspecified atom stereocenters. The van der Waals surface area contributed by atoms with Crippen molar-refractivity contribution in [1.29, 1.82) is 0 Å². The quantitative estimate of drug-likeness (QED) is 0.613. The Morgan fingerprint density at radius 2 is 1.65 bits per heavy atom. The van der Waals surface area contributed by atoms with Crippen LogP contribution >= 0.6 is 12.2 Å². The summed E-state index contributed by atoms with van der Waals surface area (Å²) in [7, 11) is 0. The van der Waals surface area contributed by atoms with E-state index in [-0.39, 0.29) is 5.82 Å². The highest BCUT2D eigenvalue weighted by Crippen LogP contribution is 2.30. The summed E-state index contributed by atoms with van der Waals surface area (Å²) in [6, 6.07) is 11.5. The topological polar surface area (TPSA) is 18.5 Å². The first-order chi connectivity index (χ1) is 12.3. The number of piperazine rings is 1. The van der Waals surface area contributed by atoms with Crippen LogP contribution in [0.3, 0.4) is 0 Å². The molecule has 1 N–H and O–H groups in total. The third kappa shape index (κ3) is 4.24. The van der Waals surface area contributed by atoms with Crippen LogP contribution < -0.4 is 10.2 Å². The summed E-state index contributed by atoms with van der Waals surface area (Å²) < 4.78 is 52.2. The Balaban J connectivity index is 1.60. The molecular formula is C18H17F4N3S. The normalized spacial score (nSPS) is 15.1. The lowest BCUT2D eigenvalue weighted by molar-refractivity contribution is -0.137. The lowest BCUT2D eigenvalue weighted by Gasteiger charge is -2.37. The molecule has 0 spiro atoms. The van der Waals surface area contributed by atoms with Crippen molar-refractivity contribution in [3.05, 3.63) is 59.9 Å². The van der Waals surface area contributed by atoms with E-state index in [0.29, 0.717) is 42.7 Å². The van der Waals surface area contributed by atoms with Crippen molar-refractivity contribution in [1.82, 2.24) is 4.90 Å². The van der Waals surface area contributed by atoms with Gasteiger partial charge in [-0.2, -0.15) is 13.2 Å². The first-order valence-electron chi connectivity index (χ1n) is 8.07. The number of halogens is 4. The highest BCUT2D eigenvalue weighted by Gasteiger charge is 2.30. The number of thiocarbonyl (C=S) groups is 1. The molecule has 1 aliphatic rings. The molecule has 3 nitrogen and oxygen atoms in total. The number of rotatable bonds is 2. The van der Waals surface area contributed by atoms with Gasteiger partial charge in [0.25, 0.3) is 0 Å². The van der Waals surface area contributed by atoms with Crippen molar-refractivity contribution in [2.45, 2.75) is 6.18 Å². The van der Waals surface area contributed by atoms with Gasteiger partial charge in [-0.15, -0.1) is 0 Å². The van der Waals surface area contributed by atoms with Crippen molar-refractivity contribution in [2.24, 2.45) is 0 Å². The predicted octanol–water partition coefficient (Wildman–Crippen LogP) is 4.36. The Morgan fingerprint density at radius 1 is 0.962 bits per heavy atom. The number of nitrogens with zero attached hydrogens (tertiary/aromatic N) is 2. The fourth-order valence-electron chi connectivity index (χ4n) is 2.83. The van der Waals surface area contributed by atoms with E-state index in [9.17, 15) is 17.6 Å². The molecule has 1 heterocycles. The van der Waals surface area contributed by atoms with E-state index in [2.05, 4.69) is 5.32 Å². The number of hydrogen-bond donors (Lipinski definition) is 1. The highest BCUT2D eigenvalue weighted by atomic mass is 32.1. The molecule has 0 atom stereocenters. The van der Waals surface area contributed by atoms with E-state index in [1.807, 2.05) is 9.80 Å². The second kappa shape index (κ2) is 7.49. The molecule has 2 aromatic carbocycles. The number of alkyl halides is 3. The molecule has 138 valence electrons. The summed E-state index contributed by atoms with van der Waals surface area (Å²) in [6.45, 7) is 2.26. The van der Waals surface area contributed by atoms with E-state index in [1.54, 1.807) is 18.2 Å². The Kier molecular flexibility index (Phi) is 5.31. The van der Waals surface area contributed by atoms with Gasteiger partial charge in [0.1, 0.15) is 5.82 Å². The third-order valence-corrected chi connectivity index (χ3v) is 4.56. The van der Waals surface area contributed by atoms with Crippen LogP contribution in [0, 0.1) is 5.82 Å². The average Bonchev–Trinajstić information content (AvgIpc) is 2.62. The van der Waals surface area contributed by atoms with Crippen molar-refractivity contribution < 1.29 is 17.6 Å². The summed E-state index contributed by atoms with van der Waals surface area (Å²) in [5.74, 6) is -0.273. The van der Waals surface area contributed by atoms with Crippen LogP contribution in [-0.4, -0.2) is 36.2 Å². The van der Waals surface area contributed by atoms with Gasteiger partial charge in [-0.25, -0.2) is 4.39 Å². The van der Waals surface area contributed by atoms with Gasteiger partial charge in [-0.05, 0) is 42.5 Å². The number of anilines is 2. The van der Waals surface area contributed by atoms with Gasteiger partial charge in [-0.1, -0.05) is 18.2 Å². The molecule has 0 radical (unpaired) electrons. The summed E-state index contributed by atoms with van der Waals surface area (Å²) in [6.07, 6.45) is -4.40. The van der Waals surface area contributed by atoms with Crippen LogP contribution in [0.1, 0.15) is 5.56 Å². The molecule has 8 heteroatoms. The molecule has 1 fully saturated rings. The summed E-state index contributed by atoms with van der Waals surface area (Å²) in [4.78, 5) is 3.80. The molecule has 0 amide bonds. The first kappa shape index (κ1) is 18.4. The molecule has 0 aliphatic carbocycles. The fourth-order valence-corrected chi connectivity index (χ4v) is 3.13. The van der Waals surface area contributed by atoms with Crippen molar-refractivity contribution in [3.63, 3.8) is 0 Å². The van der Waals surface area contributed by atoms with Gasteiger partial charge in [0.05, 0.1) is 11.3 Å². The van der Waals surface area contributed by atoms with Crippen LogP contribution in [0.15, 0.2) is 48.5 Å².